The Hall–Kier alpha value is -1.80. The van der Waals surface area contributed by atoms with Gasteiger partial charge >= 0.3 is 0 Å². The van der Waals surface area contributed by atoms with Crippen LogP contribution in [0.15, 0.2) is 52.4 Å². The summed E-state index contributed by atoms with van der Waals surface area (Å²) < 4.78 is 1.10. The number of likely N-dealkylation sites (tertiary alicyclic amines) is 1. The fourth-order valence-electron chi connectivity index (χ4n) is 3.52. The molecule has 0 bridgehead atoms. The average molecular weight is 458 g/mol. The SMILES string of the molecule is NCC1CCN(Cc2cccc(Nc3nccc(-c4ccc(Br)s4)n3)c2)CC1. The van der Waals surface area contributed by atoms with E-state index in [9.17, 15) is 0 Å². The van der Waals surface area contributed by atoms with E-state index in [-0.39, 0.29) is 0 Å². The highest BCUT2D eigenvalue weighted by Crippen LogP contribution is 2.30. The molecule has 3 aromatic rings. The molecule has 4 rings (SSSR count). The van der Waals surface area contributed by atoms with E-state index in [0.717, 1.165) is 46.2 Å². The highest BCUT2D eigenvalue weighted by Gasteiger charge is 2.18. The van der Waals surface area contributed by atoms with Gasteiger partial charge in [0.15, 0.2) is 0 Å². The van der Waals surface area contributed by atoms with E-state index in [4.69, 9.17) is 5.73 Å². The Labute approximate surface area is 178 Å². The molecule has 0 unspecified atom stereocenters. The molecule has 0 atom stereocenters. The molecule has 0 aliphatic carbocycles. The van der Waals surface area contributed by atoms with Gasteiger partial charge in [0.2, 0.25) is 5.95 Å². The van der Waals surface area contributed by atoms with Crippen molar-refractivity contribution in [2.24, 2.45) is 11.7 Å². The van der Waals surface area contributed by atoms with Crippen molar-refractivity contribution in [3.05, 3.63) is 58.0 Å². The number of anilines is 2. The minimum absolute atomic E-state index is 0.614. The lowest BCUT2D eigenvalue weighted by Crippen LogP contribution is -2.35. The zero-order valence-electron chi connectivity index (χ0n) is 15.6. The lowest BCUT2D eigenvalue weighted by Gasteiger charge is -2.31. The Balaban J connectivity index is 1.42. The molecular formula is C21H24BrN5S. The molecule has 146 valence electrons. The van der Waals surface area contributed by atoms with Crippen LogP contribution in [0.1, 0.15) is 18.4 Å². The molecule has 28 heavy (non-hydrogen) atoms. The molecule has 3 heterocycles. The summed E-state index contributed by atoms with van der Waals surface area (Å²) in [6.07, 6.45) is 4.20. The van der Waals surface area contributed by atoms with Gasteiger partial charge in [0, 0.05) is 18.4 Å². The first kappa shape index (κ1) is 19.5. The van der Waals surface area contributed by atoms with Crippen LogP contribution in [0.4, 0.5) is 11.6 Å². The molecule has 1 aromatic carbocycles. The number of nitrogens with two attached hydrogens (primary N) is 1. The minimum Gasteiger partial charge on any atom is -0.330 e. The number of piperidine rings is 1. The summed E-state index contributed by atoms with van der Waals surface area (Å²) in [7, 11) is 0. The first-order chi connectivity index (χ1) is 13.7. The quantitative estimate of drug-likeness (QED) is 0.551. The molecule has 1 saturated heterocycles. The van der Waals surface area contributed by atoms with Crippen LogP contribution in [0, 0.1) is 5.92 Å². The van der Waals surface area contributed by atoms with Gasteiger partial charge in [-0.15, -0.1) is 11.3 Å². The predicted octanol–water partition coefficient (Wildman–Crippen LogP) is 4.88. The lowest BCUT2D eigenvalue weighted by atomic mass is 9.97. The number of benzene rings is 1. The van der Waals surface area contributed by atoms with Gasteiger partial charge in [-0.1, -0.05) is 12.1 Å². The molecule has 2 aromatic heterocycles. The smallest absolute Gasteiger partial charge is 0.227 e. The summed E-state index contributed by atoms with van der Waals surface area (Å²) in [5, 5.41) is 3.35. The zero-order valence-corrected chi connectivity index (χ0v) is 18.0. The highest BCUT2D eigenvalue weighted by molar-refractivity contribution is 9.11. The number of aromatic nitrogens is 2. The molecule has 5 nitrogen and oxygen atoms in total. The van der Waals surface area contributed by atoms with Crippen molar-refractivity contribution in [1.82, 2.24) is 14.9 Å². The van der Waals surface area contributed by atoms with Crippen LogP contribution < -0.4 is 11.1 Å². The highest BCUT2D eigenvalue weighted by atomic mass is 79.9. The summed E-state index contributed by atoms with van der Waals surface area (Å²) in [5.41, 5.74) is 9.04. The fourth-order valence-corrected chi connectivity index (χ4v) is 4.88. The topological polar surface area (TPSA) is 67.1 Å². The largest absolute Gasteiger partial charge is 0.330 e. The second kappa shape index (κ2) is 9.13. The Kier molecular flexibility index (Phi) is 6.36. The third kappa shape index (κ3) is 4.97. The van der Waals surface area contributed by atoms with E-state index in [1.54, 1.807) is 17.5 Å². The number of nitrogens with one attached hydrogen (secondary N) is 1. The minimum atomic E-state index is 0.614. The normalized spacial score (nSPS) is 15.6. The molecule has 7 heteroatoms. The summed E-state index contributed by atoms with van der Waals surface area (Å²) in [4.78, 5) is 12.7. The first-order valence-electron chi connectivity index (χ1n) is 9.57. The standard InChI is InChI=1S/C21H24BrN5S/c22-20-5-4-19(28-20)18-6-9-24-21(26-18)25-17-3-1-2-16(12-17)14-27-10-7-15(13-23)8-11-27/h1-6,9,12,15H,7-8,10-11,13-14,23H2,(H,24,25,26). The van der Waals surface area contributed by atoms with E-state index in [0.29, 0.717) is 11.9 Å². The van der Waals surface area contributed by atoms with Gasteiger partial charge < -0.3 is 11.1 Å². The number of thiophene rings is 1. The van der Waals surface area contributed by atoms with Crippen LogP contribution in [0.3, 0.4) is 0 Å². The van der Waals surface area contributed by atoms with Gasteiger partial charge in [-0.3, -0.25) is 4.90 Å². The zero-order chi connectivity index (χ0) is 19.3. The third-order valence-corrected chi connectivity index (χ3v) is 6.76. The van der Waals surface area contributed by atoms with Crippen molar-refractivity contribution in [3.8, 4) is 10.6 Å². The van der Waals surface area contributed by atoms with Gasteiger partial charge in [0.25, 0.3) is 0 Å². The predicted molar refractivity (Wildman–Crippen MR) is 120 cm³/mol. The molecule has 0 radical (unpaired) electrons. The summed E-state index contributed by atoms with van der Waals surface area (Å²) in [6.45, 7) is 4.04. The number of rotatable bonds is 6. The van der Waals surface area contributed by atoms with E-state index in [1.807, 2.05) is 12.1 Å². The Morgan fingerprint density at radius 2 is 2.04 bits per heavy atom. The fraction of sp³-hybridized carbons (Fsp3) is 0.333. The van der Waals surface area contributed by atoms with E-state index in [1.165, 1.54) is 18.4 Å². The maximum atomic E-state index is 5.80. The van der Waals surface area contributed by atoms with E-state index in [2.05, 4.69) is 66.4 Å². The monoisotopic (exact) mass is 457 g/mol. The molecular weight excluding hydrogens is 434 g/mol. The molecule has 1 fully saturated rings. The van der Waals surface area contributed by atoms with Crippen molar-refractivity contribution >= 4 is 38.9 Å². The van der Waals surface area contributed by atoms with Crippen LogP contribution in [0.5, 0.6) is 0 Å². The van der Waals surface area contributed by atoms with Crippen LogP contribution in [-0.2, 0) is 6.54 Å². The molecule has 0 amide bonds. The van der Waals surface area contributed by atoms with Gasteiger partial charge in [0.05, 0.1) is 14.4 Å². The number of hydrogen-bond acceptors (Lipinski definition) is 6. The van der Waals surface area contributed by atoms with Crippen LogP contribution >= 0.6 is 27.3 Å². The number of nitrogens with zero attached hydrogens (tertiary/aromatic N) is 3. The van der Waals surface area contributed by atoms with Gasteiger partial charge in [-0.05, 0) is 90.2 Å². The van der Waals surface area contributed by atoms with Crippen LogP contribution in [-0.4, -0.2) is 34.5 Å². The lowest BCUT2D eigenvalue weighted by molar-refractivity contribution is 0.180. The second-order valence-electron chi connectivity index (χ2n) is 7.15. The van der Waals surface area contributed by atoms with Gasteiger partial charge in [0.1, 0.15) is 0 Å². The summed E-state index contributed by atoms with van der Waals surface area (Å²) in [5.74, 6) is 1.31. The maximum absolute atomic E-state index is 5.80. The van der Waals surface area contributed by atoms with Crippen LogP contribution in [0.2, 0.25) is 0 Å². The van der Waals surface area contributed by atoms with Crippen molar-refractivity contribution in [1.29, 1.82) is 0 Å². The Morgan fingerprint density at radius 1 is 1.18 bits per heavy atom. The molecule has 0 spiro atoms. The molecule has 0 saturated carbocycles. The molecule has 1 aliphatic heterocycles. The van der Waals surface area contributed by atoms with E-state index < -0.39 is 0 Å². The van der Waals surface area contributed by atoms with E-state index >= 15 is 0 Å². The third-order valence-electron chi connectivity index (χ3n) is 5.11. The second-order valence-corrected chi connectivity index (χ2v) is 9.61. The van der Waals surface area contributed by atoms with Crippen molar-refractivity contribution < 1.29 is 0 Å². The van der Waals surface area contributed by atoms with Crippen molar-refractivity contribution in [3.63, 3.8) is 0 Å². The van der Waals surface area contributed by atoms with Gasteiger partial charge in [-0.2, -0.15) is 0 Å². The van der Waals surface area contributed by atoms with Crippen LogP contribution in [0.25, 0.3) is 10.6 Å². The van der Waals surface area contributed by atoms with Crippen molar-refractivity contribution in [2.75, 3.05) is 25.0 Å². The molecule has 1 aliphatic rings. The van der Waals surface area contributed by atoms with Crippen molar-refractivity contribution in [2.45, 2.75) is 19.4 Å². The number of halogens is 1. The maximum Gasteiger partial charge on any atom is 0.227 e. The Morgan fingerprint density at radius 3 is 2.79 bits per heavy atom. The molecule has 3 N–H and O–H groups in total. The Bertz CT molecular complexity index is 920. The average Bonchev–Trinajstić information content (AvgIpc) is 3.16. The number of hydrogen-bond donors (Lipinski definition) is 2. The summed E-state index contributed by atoms with van der Waals surface area (Å²) >= 11 is 5.17. The summed E-state index contributed by atoms with van der Waals surface area (Å²) in [6, 6.07) is 14.6. The van der Waals surface area contributed by atoms with Gasteiger partial charge in [-0.25, -0.2) is 9.97 Å². The first-order valence-corrected chi connectivity index (χ1v) is 11.2.